The summed E-state index contributed by atoms with van der Waals surface area (Å²) in [6.45, 7) is 0.676. The number of carboxylic acids is 1. The van der Waals surface area contributed by atoms with Crippen LogP contribution in [0.5, 0.6) is 0 Å². The van der Waals surface area contributed by atoms with E-state index in [1.165, 1.54) is 6.07 Å². The highest BCUT2D eigenvalue weighted by Crippen LogP contribution is 2.36. The van der Waals surface area contributed by atoms with Gasteiger partial charge in [-0.2, -0.15) is 0 Å². The van der Waals surface area contributed by atoms with E-state index >= 15 is 0 Å². The van der Waals surface area contributed by atoms with Gasteiger partial charge < -0.3 is 20.8 Å². The first-order valence-corrected chi connectivity index (χ1v) is 6.62. The molecule has 0 aliphatic carbocycles. The van der Waals surface area contributed by atoms with Crippen molar-refractivity contribution >= 4 is 28.9 Å². The van der Waals surface area contributed by atoms with Gasteiger partial charge in [-0.15, -0.1) is 0 Å². The summed E-state index contributed by atoms with van der Waals surface area (Å²) in [7, 11) is 0. The summed E-state index contributed by atoms with van der Waals surface area (Å²) in [6.07, 6.45) is 2.81. The molecule has 0 spiro atoms. The van der Waals surface area contributed by atoms with Crippen LogP contribution in [0.4, 0.5) is 11.4 Å². The molecule has 1 saturated heterocycles. The van der Waals surface area contributed by atoms with Gasteiger partial charge in [-0.25, -0.2) is 4.79 Å². The first kappa shape index (κ1) is 14.0. The van der Waals surface area contributed by atoms with Crippen LogP contribution < -0.4 is 10.6 Å². The minimum atomic E-state index is -1.06. The minimum Gasteiger partial charge on any atom is -0.478 e. The van der Waals surface area contributed by atoms with E-state index in [1.54, 1.807) is 6.07 Å². The highest BCUT2D eigenvalue weighted by Gasteiger charge is 2.27. The van der Waals surface area contributed by atoms with Crippen molar-refractivity contribution in [3.05, 3.63) is 22.7 Å². The molecule has 1 atom stereocenters. The summed E-state index contributed by atoms with van der Waals surface area (Å²) in [4.78, 5) is 13.2. The Morgan fingerprint density at radius 3 is 2.84 bits per heavy atom. The Hall–Kier alpha value is -1.46. The van der Waals surface area contributed by atoms with Crippen LogP contribution in [-0.2, 0) is 0 Å². The molecule has 104 valence electrons. The summed E-state index contributed by atoms with van der Waals surface area (Å²) >= 11 is 6.17. The molecule has 5 nitrogen and oxygen atoms in total. The lowest BCUT2D eigenvalue weighted by molar-refractivity contribution is 0.0697. The Morgan fingerprint density at radius 2 is 2.21 bits per heavy atom. The Bertz CT molecular complexity index is 493. The molecular formula is C13H17ClN2O3. The number of anilines is 2. The van der Waals surface area contributed by atoms with Crippen molar-refractivity contribution in [2.75, 3.05) is 23.8 Å². The average Bonchev–Trinajstić information content (AvgIpc) is 2.38. The lowest BCUT2D eigenvalue weighted by atomic mass is 10.00. The summed E-state index contributed by atoms with van der Waals surface area (Å²) in [6, 6.07) is 2.87. The van der Waals surface area contributed by atoms with Crippen molar-refractivity contribution in [1.82, 2.24) is 0 Å². The fourth-order valence-electron chi connectivity index (χ4n) is 2.56. The molecule has 1 unspecified atom stereocenters. The highest BCUT2D eigenvalue weighted by atomic mass is 35.5. The molecule has 0 radical (unpaired) electrons. The summed E-state index contributed by atoms with van der Waals surface area (Å²) in [5.41, 5.74) is 6.52. The fraction of sp³-hybridized carbons (Fsp3) is 0.462. The number of hydrogen-bond donors (Lipinski definition) is 3. The monoisotopic (exact) mass is 284 g/mol. The zero-order chi connectivity index (χ0) is 14.0. The van der Waals surface area contributed by atoms with E-state index in [2.05, 4.69) is 0 Å². The number of nitrogens with zero attached hydrogens (tertiary/aromatic N) is 1. The van der Waals surface area contributed by atoms with Crippen molar-refractivity contribution in [2.45, 2.75) is 25.3 Å². The largest absolute Gasteiger partial charge is 0.478 e. The second-order valence-corrected chi connectivity index (χ2v) is 5.14. The van der Waals surface area contributed by atoms with Crippen molar-refractivity contribution in [2.24, 2.45) is 0 Å². The molecule has 2 rings (SSSR count). The number of halogens is 1. The van der Waals surface area contributed by atoms with Crippen LogP contribution in [0.2, 0.25) is 5.02 Å². The molecule has 4 N–H and O–H groups in total. The Kier molecular flexibility index (Phi) is 4.17. The Morgan fingerprint density at radius 1 is 1.47 bits per heavy atom. The molecule has 0 aromatic heterocycles. The minimum absolute atomic E-state index is 0.0141. The van der Waals surface area contributed by atoms with Crippen molar-refractivity contribution in [1.29, 1.82) is 0 Å². The number of benzene rings is 1. The van der Waals surface area contributed by atoms with E-state index in [-0.39, 0.29) is 18.2 Å². The van der Waals surface area contributed by atoms with Crippen LogP contribution in [0.3, 0.4) is 0 Å². The molecule has 0 amide bonds. The van der Waals surface area contributed by atoms with Gasteiger partial charge in [0.05, 0.1) is 28.9 Å². The molecule has 1 heterocycles. The molecule has 0 bridgehead atoms. The third-order valence-electron chi connectivity index (χ3n) is 3.44. The first-order chi connectivity index (χ1) is 9.04. The molecule has 1 aromatic rings. The zero-order valence-electron chi connectivity index (χ0n) is 10.5. The smallest absolute Gasteiger partial charge is 0.337 e. The zero-order valence-corrected chi connectivity index (χ0v) is 11.2. The number of piperidine rings is 1. The molecular weight excluding hydrogens is 268 g/mol. The van der Waals surface area contributed by atoms with Gasteiger partial charge in [-0.1, -0.05) is 11.6 Å². The summed E-state index contributed by atoms with van der Waals surface area (Å²) in [5, 5.41) is 19.1. The van der Waals surface area contributed by atoms with Gasteiger partial charge in [0.25, 0.3) is 0 Å². The number of aromatic carboxylic acids is 1. The van der Waals surface area contributed by atoms with Crippen LogP contribution in [0.25, 0.3) is 0 Å². The lowest BCUT2D eigenvalue weighted by Gasteiger charge is -2.37. The fourth-order valence-corrected chi connectivity index (χ4v) is 2.90. The number of aliphatic hydroxyl groups excluding tert-OH is 1. The number of nitrogen functional groups attached to an aromatic ring is 1. The Labute approximate surface area is 116 Å². The van der Waals surface area contributed by atoms with Gasteiger partial charge in [-0.05, 0) is 31.4 Å². The number of nitrogens with two attached hydrogens (primary N) is 1. The van der Waals surface area contributed by atoms with Crippen LogP contribution in [0, 0.1) is 0 Å². The van der Waals surface area contributed by atoms with E-state index in [0.29, 0.717) is 22.9 Å². The van der Waals surface area contributed by atoms with E-state index in [9.17, 15) is 15.0 Å². The van der Waals surface area contributed by atoms with Gasteiger partial charge in [0.2, 0.25) is 0 Å². The number of rotatable bonds is 3. The maximum absolute atomic E-state index is 11.4. The van der Waals surface area contributed by atoms with Crippen molar-refractivity contribution in [3.63, 3.8) is 0 Å². The lowest BCUT2D eigenvalue weighted by Crippen LogP contribution is -2.42. The van der Waals surface area contributed by atoms with E-state index in [1.807, 2.05) is 4.90 Å². The Balaban J connectivity index is 2.50. The molecule has 1 fully saturated rings. The number of carboxylic acid groups (broad SMARTS) is 1. The van der Waals surface area contributed by atoms with Crippen LogP contribution in [0.15, 0.2) is 12.1 Å². The van der Waals surface area contributed by atoms with Gasteiger partial charge >= 0.3 is 5.97 Å². The summed E-state index contributed by atoms with van der Waals surface area (Å²) < 4.78 is 0. The van der Waals surface area contributed by atoms with Crippen LogP contribution in [-0.4, -0.2) is 35.4 Å². The molecule has 1 aromatic carbocycles. The maximum atomic E-state index is 11.4. The highest BCUT2D eigenvalue weighted by molar-refractivity contribution is 6.34. The predicted octanol–water partition coefficient (Wildman–Crippen LogP) is 1.97. The van der Waals surface area contributed by atoms with Gasteiger partial charge in [0.1, 0.15) is 0 Å². The predicted molar refractivity (Wildman–Crippen MR) is 74.9 cm³/mol. The topological polar surface area (TPSA) is 86.8 Å². The molecule has 1 aliphatic heterocycles. The molecule has 1 aliphatic rings. The standard InChI is InChI=1S/C13H17ClN2O3/c14-11-6-8(15)5-10(13(18)19)12(11)16-4-2-1-3-9(16)7-17/h5-6,9,17H,1-4,7,15H2,(H,18,19). The second kappa shape index (κ2) is 5.67. The SMILES string of the molecule is Nc1cc(Cl)c(N2CCCCC2CO)c(C(=O)O)c1. The van der Waals surface area contributed by atoms with Gasteiger partial charge in [-0.3, -0.25) is 0 Å². The van der Waals surface area contributed by atoms with E-state index in [0.717, 1.165) is 19.3 Å². The number of carbonyl (C=O) groups is 1. The quantitative estimate of drug-likeness (QED) is 0.739. The van der Waals surface area contributed by atoms with Gasteiger partial charge in [0.15, 0.2) is 0 Å². The molecule has 19 heavy (non-hydrogen) atoms. The second-order valence-electron chi connectivity index (χ2n) is 4.73. The third-order valence-corrected chi connectivity index (χ3v) is 3.73. The number of hydrogen-bond acceptors (Lipinski definition) is 4. The normalized spacial score (nSPS) is 19.5. The number of aliphatic hydroxyl groups is 1. The van der Waals surface area contributed by atoms with E-state index < -0.39 is 5.97 Å². The molecule has 0 saturated carbocycles. The van der Waals surface area contributed by atoms with Crippen molar-refractivity contribution in [3.8, 4) is 0 Å². The molecule has 6 heteroatoms. The van der Waals surface area contributed by atoms with Crippen LogP contribution in [0.1, 0.15) is 29.6 Å². The van der Waals surface area contributed by atoms with Crippen LogP contribution >= 0.6 is 11.6 Å². The van der Waals surface area contributed by atoms with Crippen molar-refractivity contribution < 1.29 is 15.0 Å². The third kappa shape index (κ3) is 2.77. The maximum Gasteiger partial charge on any atom is 0.337 e. The average molecular weight is 285 g/mol. The first-order valence-electron chi connectivity index (χ1n) is 6.24. The summed E-state index contributed by atoms with van der Waals surface area (Å²) in [5.74, 6) is -1.06. The van der Waals surface area contributed by atoms with E-state index in [4.69, 9.17) is 17.3 Å². The van der Waals surface area contributed by atoms with Gasteiger partial charge in [0, 0.05) is 12.2 Å².